The summed E-state index contributed by atoms with van der Waals surface area (Å²) in [4.78, 5) is 14.3. The summed E-state index contributed by atoms with van der Waals surface area (Å²) < 4.78 is 15.7. The van der Waals surface area contributed by atoms with Gasteiger partial charge in [-0.2, -0.15) is 5.10 Å². The summed E-state index contributed by atoms with van der Waals surface area (Å²) in [6.07, 6.45) is 3.15. The summed E-state index contributed by atoms with van der Waals surface area (Å²) in [5.41, 5.74) is 0.974. The number of rotatable bonds is 7. The quantitative estimate of drug-likeness (QED) is 0.724. The SMILES string of the molecule is COCCN(Cc1ccco1)C(=O)c1cc(-c2ccco2)[nH]n1. The second kappa shape index (κ2) is 6.97. The van der Waals surface area contributed by atoms with E-state index in [1.807, 2.05) is 6.07 Å². The van der Waals surface area contributed by atoms with Crippen molar-refractivity contribution in [3.8, 4) is 11.5 Å². The van der Waals surface area contributed by atoms with Crippen LogP contribution in [0.25, 0.3) is 11.5 Å². The molecule has 0 radical (unpaired) electrons. The third-order valence-electron chi connectivity index (χ3n) is 3.36. The molecule has 0 saturated heterocycles. The molecule has 3 aromatic heterocycles. The molecule has 0 unspecified atom stereocenters. The van der Waals surface area contributed by atoms with Crippen molar-refractivity contribution in [2.75, 3.05) is 20.3 Å². The van der Waals surface area contributed by atoms with Gasteiger partial charge in [-0.05, 0) is 24.3 Å². The number of ether oxygens (including phenoxy) is 1. The van der Waals surface area contributed by atoms with E-state index in [4.69, 9.17) is 13.6 Å². The maximum Gasteiger partial charge on any atom is 0.274 e. The van der Waals surface area contributed by atoms with Crippen LogP contribution in [0.2, 0.25) is 0 Å². The van der Waals surface area contributed by atoms with Gasteiger partial charge in [0.25, 0.3) is 5.91 Å². The Morgan fingerprint density at radius 2 is 2.13 bits per heavy atom. The van der Waals surface area contributed by atoms with Gasteiger partial charge in [0.05, 0.1) is 25.7 Å². The van der Waals surface area contributed by atoms with Crippen LogP contribution in [0.5, 0.6) is 0 Å². The number of furan rings is 2. The number of nitrogens with one attached hydrogen (secondary N) is 1. The molecule has 1 N–H and O–H groups in total. The van der Waals surface area contributed by atoms with Crippen LogP contribution in [0.1, 0.15) is 16.2 Å². The summed E-state index contributed by atoms with van der Waals surface area (Å²) in [7, 11) is 1.60. The number of H-pyrrole nitrogens is 1. The summed E-state index contributed by atoms with van der Waals surface area (Å²) >= 11 is 0. The highest BCUT2D eigenvalue weighted by molar-refractivity contribution is 5.93. The molecule has 23 heavy (non-hydrogen) atoms. The number of nitrogens with zero attached hydrogens (tertiary/aromatic N) is 2. The number of aromatic amines is 1. The lowest BCUT2D eigenvalue weighted by Gasteiger charge is -2.20. The Morgan fingerprint density at radius 1 is 1.30 bits per heavy atom. The second-order valence-electron chi connectivity index (χ2n) is 4.94. The van der Waals surface area contributed by atoms with Gasteiger partial charge in [-0.3, -0.25) is 9.89 Å². The highest BCUT2D eigenvalue weighted by atomic mass is 16.5. The van der Waals surface area contributed by atoms with Gasteiger partial charge in [0.2, 0.25) is 0 Å². The number of hydrogen-bond acceptors (Lipinski definition) is 5. The molecule has 0 aromatic carbocycles. The standard InChI is InChI=1S/C16H17N3O4/c1-21-9-6-19(11-12-4-2-7-22-12)16(20)14-10-13(17-18-14)15-5-3-8-23-15/h2-5,7-8,10H,6,9,11H2,1H3,(H,17,18). The first kappa shape index (κ1) is 15.1. The minimum absolute atomic E-state index is 0.201. The van der Waals surface area contributed by atoms with Crippen LogP contribution in [0, 0.1) is 0 Å². The largest absolute Gasteiger partial charge is 0.467 e. The molecule has 3 aromatic rings. The van der Waals surface area contributed by atoms with E-state index >= 15 is 0 Å². The number of methoxy groups -OCH3 is 1. The van der Waals surface area contributed by atoms with Crippen LogP contribution in [0.15, 0.2) is 51.7 Å². The number of carbonyl (C=O) groups excluding carboxylic acids is 1. The zero-order valence-corrected chi connectivity index (χ0v) is 12.7. The Kier molecular flexibility index (Phi) is 4.58. The van der Waals surface area contributed by atoms with Gasteiger partial charge >= 0.3 is 0 Å². The Labute approximate surface area is 132 Å². The van der Waals surface area contributed by atoms with Crippen molar-refractivity contribution >= 4 is 5.91 Å². The van der Waals surface area contributed by atoms with Crippen molar-refractivity contribution in [1.29, 1.82) is 0 Å². The lowest BCUT2D eigenvalue weighted by atomic mass is 10.2. The fourth-order valence-corrected chi connectivity index (χ4v) is 2.20. The summed E-state index contributed by atoms with van der Waals surface area (Å²) in [5.74, 6) is 1.13. The molecule has 0 bridgehead atoms. The van der Waals surface area contributed by atoms with Gasteiger partial charge in [0, 0.05) is 19.7 Å². The van der Waals surface area contributed by atoms with Gasteiger partial charge in [-0.15, -0.1) is 0 Å². The van der Waals surface area contributed by atoms with E-state index in [1.54, 1.807) is 48.8 Å². The first-order valence-electron chi connectivity index (χ1n) is 7.18. The lowest BCUT2D eigenvalue weighted by Crippen LogP contribution is -2.33. The van der Waals surface area contributed by atoms with Crippen LogP contribution in [-0.2, 0) is 11.3 Å². The fourth-order valence-electron chi connectivity index (χ4n) is 2.20. The Morgan fingerprint density at radius 3 is 2.83 bits per heavy atom. The van der Waals surface area contributed by atoms with Crippen LogP contribution in [-0.4, -0.2) is 41.3 Å². The average Bonchev–Trinajstić information content (AvgIpc) is 3.32. The maximum atomic E-state index is 12.7. The summed E-state index contributed by atoms with van der Waals surface area (Å²) in [6.45, 7) is 1.24. The highest BCUT2D eigenvalue weighted by Gasteiger charge is 2.20. The van der Waals surface area contributed by atoms with E-state index in [0.29, 0.717) is 42.6 Å². The van der Waals surface area contributed by atoms with Gasteiger partial charge < -0.3 is 18.5 Å². The van der Waals surface area contributed by atoms with Crippen LogP contribution in [0.3, 0.4) is 0 Å². The van der Waals surface area contributed by atoms with Gasteiger partial charge in [0.1, 0.15) is 11.5 Å². The monoisotopic (exact) mass is 315 g/mol. The molecular weight excluding hydrogens is 298 g/mol. The summed E-state index contributed by atoms with van der Waals surface area (Å²) in [6, 6.07) is 8.86. The number of amides is 1. The highest BCUT2D eigenvalue weighted by Crippen LogP contribution is 2.19. The molecule has 7 nitrogen and oxygen atoms in total. The molecule has 0 aliphatic carbocycles. The van der Waals surface area contributed by atoms with E-state index in [9.17, 15) is 4.79 Å². The minimum atomic E-state index is -0.201. The van der Waals surface area contributed by atoms with Crippen molar-refractivity contribution in [1.82, 2.24) is 15.1 Å². The molecule has 0 fully saturated rings. The third-order valence-corrected chi connectivity index (χ3v) is 3.36. The first-order valence-corrected chi connectivity index (χ1v) is 7.18. The van der Waals surface area contributed by atoms with Crippen molar-refractivity contribution < 1.29 is 18.4 Å². The third kappa shape index (κ3) is 3.51. The molecule has 1 amide bonds. The Bertz CT molecular complexity index is 731. The minimum Gasteiger partial charge on any atom is -0.467 e. The molecule has 0 atom stereocenters. The smallest absolute Gasteiger partial charge is 0.274 e. The Balaban J connectivity index is 1.77. The predicted molar refractivity (Wildman–Crippen MR) is 81.6 cm³/mol. The van der Waals surface area contributed by atoms with Gasteiger partial charge in [-0.1, -0.05) is 0 Å². The first-order chi connectivity index (χ1) is 11.3. The molecule has 0 spiro atoms. The fraction of sp³-hybridized carbons (Fsp3) is 0.250. The number of aromatic nitrogens is 2. The molecule has 0 aliphatic heterocycles. The lowest BCUT2D eigenvalue weighted by molar-refractivity contribution is 0.0660. The molecule has 3 heterocycles. The molecule has 120 valence electrons. The van der Waals surface area contributed by atoms with E-state index in [0.717, 1.165) is 0 Å². The van der Waals surface area contributed by atoms with Gasteiger partial charge in [-0.25, -0.2) is 0 Å². The van der Waals surface area contributed by atoms with E-state index in [-0.39, 0.29) is 5.91 Å². The molecule has 0 saturated carbocycles. The van der Waals surface area contributed by atoms with E-state index in [1.165, 1.54) is 0 Å². The molecule has 3 rings (SSSR count). The zero-order chi connectivity index (χ0) is 16.1. The average molecular weight is 315 g/mol. The summed E-state index contributed by atoms with van der Waals surface area (Å²) in [5, 5.41) is 6.90. The molecule has 7 heteroatoms. The second-order valence-corrected chi connectivity index (χ2v) is 4.94. The molecule has 0 aliphatic rings. The van der Waals surface area contributed by atoms with E-state index < -0.39 is 0 Å². The molecular formula is C16H17N3O4. The Hall–Kier alpha value is -2.80. The topological polar surface area (TPSA) is 84.5 Å². The van der Waals surface area contributed by atoms with Crippen molar-refractivity contribution in [3.63, 3.8) is 0 Å². The van der Waals surface area contributed by atoms with Crippen molar-refractivity contribution in [2.45, 2.75) is 6.54 Å². The predicted octanol–water partition coefficient (Wildman–Crippen LogP) is 2.55. The van der Waals surface area contributed by atoms with Crippen LogP contribution < -0.4 is 0 Å². The zero-order valence-electron chi connectivity index (χ0n) is 12.7. The van der Waals surface area contributed by atoms with Crippen LogP contribution in [0.4, 0.5) is 0 Å². The van der Waals surface area contributed by atoms with Gasteiger partial charge in [0.15, 0.2) is 11.5 Å². The van der Waals surface area contributed by atoms with Crippen molar-refractivity contribution in [3.05, 3.63) is 54.3 Å². The van der Waals surface area contributed by atoms with Crippen molar-refractivity contribution in [2.24, 2.45) is 0 Å². The number of hydrogen-bond donors (Lipinski definition) is 1. The number of carbonyl (C=O) groups is 1. The maximum absolute atomic E-state index is 12.7. The van der Waals surface area contributed by atoms with E-state index in [2.05, 4.69) is 10.2 Å². The van der Waals surface area contributed by atoms with Crippen LogP contribution >= 0.6 is 0 Å². The normalized spacial score (nSPS) is 10.8.